The predicted octanol–water partition coefficient (Wildman–Crippen LogP) is 3.43. The SMILES string of the molecule is CC[C@@H](C)Oc1cc(C(=O)N(CC#N)c2ccccc2)ccn1. The first-order valence-corrected chi connectivity index (χ1v) is 7.52. The topological polar surface area (TPSA) is 66.2 Å². The summed E-state index contributed by atoms with van der Waals surface area (Å²) in [7, 11) is 0. The van der Waals surface area contributed by atoms with Crippen molar-refractivity contribution in [3.05, 3.63) is 54.2 Å². The number of rotatable bonds is 6. The molecular formula is C18H19N3O2. The third-order valence-electron chi connectivity index (χ3n) is 3.42. The Labute approximate surface area is 136 Å². The second kappa shape index (κ2) is 7.95. The van der Waals surface area contributed by atoms with Crippen LogP contribution in [0.1, 0.15) is 30.6 Å². The number of benzene rings is 1. The number of amides is 1. The summed E-state index contributed by atoms with van der Waals surface area (Å²) in [6, 6.07) is 14.4. The van der Waals surface area contributed by atoms with Crippen molar-refractivity contribution in [2.45, 2.75) is 26.4 Å². The molecule has 0 saturated carbocycles. The molecule has 2 aromatic rings. The van der Waals surface area contributed by atoms with E-state index in [1.54, 1.807) is 30.5 Å². The largest absolute Gasteiger partial charge is 0.475 e. The third kappa shape index (κ3) is 4.30. The van der Waals surface area contributed by atoms with Crippen molar-refractivity contribution >= 4 is 11.6 Å². The number of carbonyl (C=O) groups excluding carboxylic acids is 1. The molecule has 0 radical (unpaired) electrons. The van der Waals surface area contributed by atoms with E-state index >= 15 is 0 Å². The molecule has 1 atom stereocenters. The minimum atomic E-state index is -0.255. The van der Waals surface area contributed by atoms with Crippen LogP contribution < -0.4 is 9.64 Å². The van der Waals surface area contributed by atoms with Crippen molar-refractivity contribution in [3.63, 3.8) is 0 Å². The van der Waals surface area contributed by atoms with Crippen LogP contribution in [0.3, 0.4) is 0 Å². The molecular weight excluding hydrogens is 290 g/mol. The summed E-state index contributed by atoms with van der Waals surface area (Å²) in [5.41, 5.74) is 1.12. The lowest BCUT2D eigenvalue weighted by Crippen LogP contribution is -2.31. The van der Waals surface area contributed by atoms with Crippen molar-refractivity contribution in [1.82, 2.24) is 4.98 Å². The van der Waals surface area contributed by atoms with E-state index < -0.39 is 0 Å². The van der Waals surface area contributed by atoms with Crippen molar-refractivity contribution in [3.8, 4) is 11.9 Å². The Morgan fingerprint density at radius 2 is 2.09 bits per heavy atom. The summed E-state index contributed by atoms with van der Waals surface area (Å²) >= 11 is 0. The van der Waals surface area contributed by atoms with E-state index in [4.69, 9.17) is 10.00 Å². The summed E-state index contributed by atoms with van der Waals surface area (Å²) in [5.74, 6) is 0.157. The predicted molar refractivity (Wildman–Crippen MR) is 88.3 cm³/mol. The fourth-order valence-electron chi connectivity index (χ4n) is 2.01. The Balaban J connectivity index is 2.27. The molecule has 2 rings (SSSR count). The van der Waals surface area contributed by atoms with Gasteiger partial charge in [0.1, 0.15) is 6.54 Å². The van der Waals surface area contributed by atoms with Gasteiger partial charge in [0.15, 0.2) is 0 Å². The number of nitriles is 1. The zero-order chi connectivity index (χ0) is 16.7. The first kappa shape index (κ1) is 16.5. The van der Waals surface area contributed by atoms with Gasteiger partial charge in [0.2, 0.25) is 5.88 Å². The fraction of sp³-hybridized carbons (Fsp3) is 0.278. The number of hydrogen-bond acceptors (Lipinski definition) is 4. The van der Waals surface area contributed by atoms with Crippen LogP contribution in [0.2, 0.25) is 0 Å². The number of para-hydroxylation sites is 1. The molecule has 5 heteroatoms. The highest BCUT2D eigenvalue weighted by Gasteiger charge is 2.18. The van der Waals surface area contributed by atoms with Gasteiger partial charge in [0, 0.05) is 23.5 Å². The lowest BCUT2D eigenvalue weighted by atomic mass is 10.2. The Kier molecular flexibility index (Phi) is 5.70. The van der Waals surface area contributed by atoms with Crippen molar-refractivity contribution < 1.29 is 9.53 Å². The number of ether oxygens (including phenoxy) is 1. The normalized spacial score (nSPS) is 11.3. The maximum absolute atomic E-state index is 12.7. The molecule has 23 heavy (non-hydrogen) atoms. The number of carbonyl (C=O) groups is 1. The molecule has 1 heterocycles. The molecule has 0 aliphatic heterocycles. The first-order valence-electron chi connectivity index (χ1n) is 7.52. The number of aromatic nitrogens is 1. The number of anilines is 1. The molecule has 5 nitrogen and oxygen atoms in total. The zero-order valence-corrected chi connectivity index (χ0v) is 13.3. The van der Waals surface area contributed by atoms with Crippen LogP contribution in [0.4, 0.5) is 5.69 Å². The second-order valence-electron chi connectivity index (χ2n) is 5.10. The van der Waals surface area contributed by atoms with E-state index in [0.717, 1.165) is 6.42 Å². The maximum Gasteiger partial charge on any atom is 0.259 e. The van der Waals surface area contributed by atoms with E-state index in [-0.39, 0.29) is 18.6 Å². The van der Waals surface area contributed by atoms with Crippen LogP contribution in [0.5, 0.6) is 5.88 Å². The quantitative estimate of drug-likeness (QED) is 0.767. The smallest absolute Gasteiger partial charge is 0.259 e. The highest BCUT2D eigenvalue weighted by molar-refractivity contribution is 6.06. The summed E-state index contributed by atoms with van der Waals surface area (Å²) in [4.78, 5) is 18.3. The molecule has 0 aliphatic rings. The minimum absolute atomic E-state index is 0.0211. The standard InChI is InChI=1S/C18H19N3O2/c1-3-14(2)23-17-13-15(9-11-20-17)18(22)21(12-10-19)16-7-5-4-6-8-16/h4-9,11,13-14H,3,12H2,1-2H3/t14-/m1/s1. The minimum Gasteiger partial charge on any atom is -0.475 e. The van der Waals surface area contributed by atoms with E-state index in [2.05, 4.69) is 4.98 Å². The molecule has 118 valence electrons. The Morgan fingerprint density at radius 3 is 2.74 bits per heavy atom. The monoisotopic (exact) mass is 309 g/mol. The average Bonchev–Trinajstić information content (AvgIpc) is 2.60. The van der Waals surface area contributed by atoms with Gasteiger partial charge >= 0.3 is 0 Å². The van der Waals surface area contributed by atoms with Crippen LogP contribution >= 0.6 is 0 Å². The fourth-order valence-corrected chi connectivity index (χ4v) is 2.01. The summed E-state index contributed by atoms with van der Waals surface area (Å²) in [6.07, 6.45) is 2.42. The van der Waals surface area contributed by atoms with Gasteiger partial charge in [-0.1, -0.05) is 25.1 Å². The summed E-state index contributed by atoms with van der Waals surface area (Å²) in [5, 5.41) is 9.02. The Bertz CT molecular complexity index is 695. The molecule has 0 spiro atoms. The number of nitrogens with zero attached hydrogens (tertiary/aromatic N) is 3. The number of pyridine rings is 1. The molecule has 0 saturated heterocycles. The van der Waals surface area contributed by atoms with Gasteiger partial charge in [0.25, 0.3) is 5.91 Å². The van der Waals surface area contributed by atoms with E-state index in [1.165, 1.54) is 4.90 Å². The van der Waals surface area contributed by atoms with Crippen LogP contribution in [0.15, 0.2) is 48.7 Å². The average molecular weight is 309 g/mol. The van der Waals surface area contributed by atoms with Gasteiger partial charge in [-0.3, -0.25) is 9.69 Å². The van der Waals surface area contributed by atoms with Crippen molar-refractivity contribution in [2.75, 3.05) is 11.4 Å². The first-order chi connectivity index (χ1) is 11.2. The van der Waals surface area contributed by atoms with Gasteiger partial charge in [-0.25, -0.2) is 4.98 Å². The van der Waals surface area contributed by atoms with E-state index in [1.807, 2.05) is 38.1 Å². The summed E-state index contributed by atoms with van der Waals surface area (Å²) in [6.45, 7) is 3.94. The molecule has 0 N–H and O–H groups in total. The van der Waals surface area contributed by atoms with Gasteiger partial charge in [-0.2, -0.15) is 5.26 Å². The Hall–Kier alpha value is -2.87. The maximum atomic E-state index is 12.7. The molecule has 0 fully saturated rings. The lowest BCUT2D eigenvalue weighted by Gasteiger charge is -2.20. The Morgan fingerprint density at radius 1 is 1.35 bits per heavy atom. The number of hydrogen-bond donors (Lipinski definition) is 0. The van der Waals surface area contributed by atoms with Crippen LogP contribution in [0.25, 0.3) is 0 Å². The van der Waals surface area contributed by atoms with E-state index in [0.29, 0.717) is 17.1 Å². The highest BCUT2D eigenvalue weighted by Crippen LogP contribution is 2.19. The second-order valence-corrected chi connectivity index (χ2v) is 5.10. The van der Waals surface area contributed by atoms with Gasteiger partial charge in [-0.15, -0.1) is 0 Å². The molecule has 0 aliphatic carbocycles. The molecule has 0 bridgehead atoms. The van der Waals surface area contributed by atoms with Gasteiger partial charge < -0.3 is 4.74 Å². The molecule has 1 aromatic carbocycles. The van der Waals surface area contributed by atoms with E-state index in [9.17, 15) is 4.79 Å². The van der Waals surface area contributed by atoms with Crippen LogP contribution in [0, 0.1) is 11.3 Å². The van der Waals surface area contributed by atoms with Crippen LogP contribution in [-0.2, 0) is 0 Å². The van der Waals surface area contributed by atoms with Crippen molar-refractivity contribution in [1.29, 1.82) is 5.26 Å². The highest BCUT2D eigenvalue weighted by atomic mass is 16.5. The molecule has 1 aromatic heterocycles. The zero-order valence-electron chi connectivity index (χ0n) is 13.3. The molecule has 0 unspecified atom stereocenters. The molecule has 1 amide bonds. The van der Waals surface area contributed by atoms with Gasteiger partial charge in [-0.05, 0) is 31.5 Å². The summed E-state index contributed by atoms with van der Waals surface area (Å²) < 4.78 is 5.65. The van der Waals surface area contributed by atoms with Gasteiger partial charge in [0.05, 0.1) is 12.2 Å². The third-order valence-corrected chi connectivity index (χ3v) is 3.42. The lowest BCUT2D eigenvalue weighted by molar-refractivity contribution is 0.0989. The van der Waals surface area contributed by atoms with Crippen molar-refractivity contribution in [2.24, 2.45) is 0 Å². The van der Waals surface area contributed by atoms with Crippen LogP contribution in [-0.4, -0.2) is 23.5 Å².